The van der Waals surface area contributed by atoms with Gasteiger partial charge in [0.05, 0.1) is 12.7 Å². The maximum Gasteiger partial charge on any atom is 0.130 e. The largest absolute Gasteiger partial charge is 0.374 e. The molecule has 1 fully saturated rings. The highest BCUT2D eigenvalue weighted by atomic mass is 16.5. The molecule has 1 aromatic heterocycles. The van der Waals surface area contributed by atoms with E-state index in [4.69, 9.17) is 4.74 Å². The molecule has 2 heterocycles. The number of rotatable bonds is 5. The quantitative estimate of drug-likeness (QED) is 0.820. The smallest absolute Gasteiger partial charge is 0.130 e. The van der Waals surface area contributed by atoms with Crippen LogP contribution in [0.15, 0.2) is 6.07 Å². The maximum absolute atomic E-state index is 5.64. The summed E-state index contributed by atoms with van der Waals surface area (Å²) < 4.78 is 5.64. The third kappa shape index (κ3) is 3.92. The van der Waals surface area contributed by atoms with Crippen LogP contribution in [0.2, 0.25) is 0 Å². The van der Waals surface area contributed by atoms with E-state index in [2.05, 4.69) is 27.5 Å². The highest BCUT2D eigenvalue weighted by Crippen LogP contribution is 2.08. The summed E-state index contributed by atoms with van der Waals surface area (Å²) in [5.74, 6) is 1.82. The van der Waals surface area contributed by atoms with Gasteiger partial charge in [-0.15, -0.1) is 0 Å². The van der Waals surface area contributed by atoms with E-state index in [0.717, 1.165) is 56.4 Å². The van der Waals surface area contributed by atoms with Gasteiger partial charge in [0.2, 0.25) is 0 Å². The fraction of sp³-hybridized carbons (Fsp3) is 0.692. The molecule has 0 aromatic carbocycles. The number of hydrogen-bond acceptors (Lipinski definition) is 5. The van der Waals surface area contributed by atoms with Crippen molar-refractivity contribution in [3.05, 3.63) is 17.6 Å². The highest BCUT2D eigenvalue weighted by Gasteiger charge is 2.13. The van der Waals surface area contributed by atoms with Gasteiger partial charge in [0.25, 0.3) is 0 Å². The van der Waals surface area contributed by atoms with Crippen molar-refractivity contribution in [1.82, 2.24) is 15.3 Å². The van der Waals surface area contributed by atoms with Crippen LogP contribution in [0.1, 0.15) is 24.9 Å². The Kier molecular flexibility index (Phi) is 4.90. The van der Waals surface area contributed by atoms with Crippen molar-refractivity contribution >= 4 is 5.82 Å². The second kappa shape index (κ2) is 6.66. The van der Waals surface area contributed by atoms with E-state index in [9.17, 15) is 0 Å². The van der Waals surface area contributed by atoms with Crippen LogP contribution >= 0.6 is 0 Å². The standard InChI is InChI=1S/C13H22N4O/c1-3-4-12-16-10(2)7-13(17-12)15-9-11-8-14-5-6-18-11/h7,11,14H,3-6,8-9H2,1-2H3,(H,15,16,17). The summed E-state index contributed by atoms with van der Waals surface area (Å²) in [6.45, 7) is 7.57. The van der Waals surface area contributed by atoms with E-state index in [0.29, 0.717) is 0 Å². The zero-order chi connectivity index (χ0) is 12.8. The van der Waals surface area contributed by atoms with Gasteiger partial charge >= 0.3 is 0 Å². The molecular weight excluding hydrogens is 228 g/mol. The first kappa shape index (κ1) is 13.2. The van der Waals surface area contributed by atoms with Crippen molar-refractivity contribution in [2.45, 2.75) is 32.8 Å². The molecule has 0 spiro atoms. The minimum Gasteiger partial charge on any atom is -0.374 e. The van der Waals surface area contributed by atoms with E-state index in [1.807, 2.05) is 13.0 Å². The summed E-state index contributed by atoms with van der Waals surface area (Å²) in [5.41, 5.74) is 1.01. The van der Waals surface area contributed by atoms with Crippen LogP contribution in [-0.2, 0) is 11.2 Å². The van der Waals surface area contributed by atoms with Crippen molar-refractivity contribution in [2.24, 2.45) is 0 Å². The molecule has 2 rings (SSSR count). The predicted molar refractivity (Wildman–Crippen MR) is 71.9 cm³/mol. The first-order valence-electron chi connectivity index (χ1n) is 6.68. The first-order valence-corrected chi connectivity index (χ1v) is 6.68. The molecule has 0 saturated carbocycles. The number of morpholine rings is 1. The second-order valence-corrected chi connectivity index (χ2v) is 4.64. The van der Waals surface area contributed by atoms with E-state index in [1.54, 1.807) is 0 Å². The minimum atomic E-state index is 0.226. The SMILES string of the molecule is CCCc1nc(C)cc(NCC2CNCCO2)n1. The molecule has 1 aromatic rings. The van der Waals surface area contributed by atoms with Crippen molar-refractivity contribution in [3.63, 3.8) is 0 Å². The normalized spacial score (nSPS) is 19.8. The molecule has 1 saturated heterocycles. The highest BCUT2D eigenvalue weighted by molar-refractivity contribution is 5.36. The lowest BCUT2D eigenvalue weighted by Crippen LogP contribution is -2.42. The number of aryl methyl sites for hydroxylation is 2. The number of ether oxygens (including phenoxy) is 1. The third-order valence-electron chi connectivity index (χ3n) is 2.89. The molecule has 1 aliphatic heterocycles. The lowest BCUT2D eigenvalue weighted by Gasteiger charge is -2.24. The van der Waals surface area contributed by atoms with Gasteiger partial charge in [0.1, 0.15) is 11.6 Å². The van der Waals surface area contributed by atoms with E-state index < -0.39 is 0 Å². The maximum atomic E-state index is 5.64. The Morgan fingerprint density at radius 2 is 2.39 bits per heavy atom. The molecule has 100 valence electrons. The minimum absolute atomic E-state index is 0.226. The molecule has 18 heavy (non-hydrogen) atoms. The van der Waals surface area contributed by atoms with Gasteiger partial charge in [-0.25, -0.2) is 9.97 Å². The van der Waals surface area contributed by atoms with Gasteiger partial charge in [-0.2, -0.15) is 0 Å². The Labute approximate surface area is 108 Å². The van der Waals surface area contributed by atoms with Crippen molar-refractivity contribution in [1.29, 1.82) is 0 Å². The lowest BCUT2D eigenvalue weighted by atomic mass is 10.3. The van der Waals surface area contributed by atoms with Gasteiger partial charge in [-0.05, 0) is 13.3 Å². The number of anilines is 1. The van der Waals surface area contributed by atoms with Crippen molar-refractivity contribution in [2.75, 3.05) is 31.6 Å². The molecule has 0 bridgehead atoms. The summed E-state index contributed by atoms with van der Waals surface area (Å²) in [7, 11) is 0. The van der Waals surface area contributed by atoms with Gasteiger partial charge in [0.15, 0.2) is 0 Å². The summed E-state index contributed by atoms with van der Waals surface area (Å²) >= 11 is 0. The van der Waals surface area contributed by atoms with Gasteiger partial charge in [-0.1, -0.05) is 6.92 Å². The average molecular weight is 250 g/mol. The molecule has 2 N–H and O–H groups in total. The van der Waals surface area contributed by atoms with Crippen LogP contribution in [0.3, 0.4) is 0 Å². The lowest BCUT2D eigenvalue weighted by molar-refractivity contribution is 0.0372. The number of nitrogens with zero attached hydrogens (tertiary/aromatic N) is 2. The van der Waals surface area contributed by atoms with E-state index in [1.165, 1.54) is 0 Å². The monoisotopic (exact) mass is 250 g/mol. The Morgan fingerprint density at radius 1 is 1.50 bits per heavy atom. The Morgan fingerprint density at radius 3 is 3.11 bits per heavy atom. The summed E-state index contributed by atoms with van der Waals surface area (Å²) in [6.07, 6.45) is 2.22. The van der Waals surface area contributed by atoms with E-state index in [-0.39, 0.29) is 6.10 Å². The van der Waals surface area contributed by atoms with Gasteiger partial charge in [0, 0.05) is 37.8 Å². The molecule has 5 nitrogen and oxygen atoms in total. The molecule has 5 heteroatoms. The zero-order valence-electron chi connectivity index (χ0n) is 11.2. The van der Waals surface area contributed by atoms with Crippen molar-refractivity contribution < 1.29 is 4.74 Å². The van der Waals surface area contributed by atoms with Crippen LogP contribution in [0.5, 0.6) is 0 Å². The van der Waals surface area contributed by atoms with Gasteiger partial charge in [-0.3, -0.25) is 0 Å². The predicted octanol–water partition coefficient (Wildman–Crippen LogP) is 1.14. The van der Waals surface area contributed by atoms with Crippen molar-refractivity contribution in [3.8, 4) is 0 Å². The van der Waals surface area contributed by atoms with Crippen LogP contribution in [0, 0.1) is 6.92 Å². The zero-order valence-corrected chi connectivity index (χ0v) is 11.2. The molecule has 1 aliphatic rings. The Hall–Kier alpha value is -1.20. The summed E-state index contributed by atoms with van der Waals surface area (Å²) in [6, 6.07) is 1.98. The molecule has 1 unspecified atom stereocenters. The molecular formula is C13H22N4O. The molecule has 0 radical (unpaired) electrons. The Balaban J connectivity index is 1.91. The molecule has 0 amide bonds. The summed E-state index contributed by atoms with van der Waals surface area (Å²) in [4.78, 5) is 8.93. The van der Waals surface area contributed by atoms with Crippen LogP contribution in [0.4, 0.5) is 5.82 Å². The number of nitrogens with one attached hydrogen (secondary N) is 2. The average Bonchev–Trinajstić information content (AvgIpc) is 2.37. The fourth-order valence-electron chi connectivity index (χ4n) is 2.03. The topological polar surface area (TPSA) is 59.1 Å². The number of hydrogen-bond donors (Lipinski definition) is 2. The first-order chi connectivity index (χ1) is 8.78. The van der Waals surface area contributed by atoms with Crippen LogP contribution in [-0.4, -0.2) is 42.3 Å². The molecule has 1 atom stereocenters. The molecule has 0 aliphatic carbocycles. The third-order valence-corrected chi connectivity index (χ3v) is 2.89. The van der Waals surface area contributed by atoms with E-state index >= 15 is 0 Å². The van der Waals surface area contributed by atoms with Gasteiger partial charge < -0.3 is 15.4 Å². The van der Waals surface area contributed by atoms with Crippen LogP contribution < -0.4 is 10.6 Å². The second-order valence-electron chi connectivity index (χ2n) is 4.64. The summed E-state index contributed by atoms with van der Waals surface area (Å²) in [5, 5.41) is 6.65. The fourth-order valence-corrected chi connectivity index (χ4v) is 2.03. The Bertz CT molecular complexity index is 377. The van der Waals surface area contributed by atoms with Crippen LogP contribution in [0.25, 0.3) is 0 Å². The number of aromatic nitrogens is 2.